The van der Waals surface area contributed by atoms with Gasteiger partial charge in [0.25, 0.3) is 5.95 Å². The Morgan fingerprint density at radius 1 is 1.64 bits per heavy atom. The van der Waals surface area contributed by atoms with Crippen molar-refractivity contribution < 1.29 is 10.0 Å². The summed E-state index contributed by atoms with van der Waals surface area (Å²) in [6.07, 6.45) is 0. The molecule has 60 valence electrons. The van der Waals surface area contributed by atoms with E-state index in [0.717, 1.165) is 0 Å². The van der Waals surface area contributed by atoms with E-state index in [0.29, 0.717) is 4.85 Å². The SMILES string of the molecule is Nc1nc(N)n(O[N+](=O)[O-])n1. The molecular weight excluding hydrogens is 156 g/mol. The maximum Gasteiger partial charge on any atom is 0.348 e. The van der Waals surface area contributed by atoms with Crippen molar-refractivity contribution >= 4 is 11.9 Å². The number of aromatic nitrogens is 3. The number of nitrogen functional groups attached to an aromatic ring is 2. The summed E-state index contributed by atoms with van der Waals surface area (Å²) in [7, 11) is 0. The molecular formula is C2H4N6O3. The maximum absolute atomic E-state index is 9.73. The largest absolute Gasteiger partial charge is 0.365 e. The first-order chi connectivity index (χ1) is 5.09. The number of rotatable bonds is 2. The molecule has 1 aromatic heterocycles. The zero-order valence-corrected chi connectivity index (χ0v) is 5.17. The van der Waals surface area contributed by atoms with Crippen LogP contribution in [0.25, 0.3) is 0 Å². The van der Waals surface area contributed by atoms with E-state index in [2.05, 4.69) is 15.0 Å². The van der Waals surface area contributed by atoms with Crippen molar-refractivity contribution in [2.24, 2.45) is 0 Å². The number of hydrogen-bond acceptors (Lipinski definition) is 7. The van der Waals surface area contributed by atoms with Gasteiger partial charge in [-0.25, -0.2) is 10.1 Å². The first-order valence-electron chi connectivity index (χ1n) is 2.40. The summed E-state index contributed by atoms with van der Waals surface area (Å²) in [6.45, 7) is 0. The molecule has 1 aromatic rings. The van der Waals surface area contributed by atoms with Crippen molar-refractivity contribution in [1.29, 1.82) is 0 Å². The molecule has 9 nitrogen and oxygen atoms in total. The zero-order valence-electron chi connectivity index (χ0n) is 5.17. The number of nitrogens with two attached hydrogens (primary N) is 2. The van der Waals surface area contributed by atoms with Crippen molar-refractivity contribution in [2.45, 2.75) is 0 Å². The summed E-state index contributed by atoms with van der Waals surface area (Å²) in [5.41, 5.74) is 10.1. The Balaban J connectivity index is 2.85. The van der Waals surface area contributed by atoms with Crippen LogP contribution in [0.2, 0.25) is 0 Å². The van der Waals surface area contributed by atoms with Gasteiger partial charge in [0.1, 0.15) is 0 Å². The molecule has 0 fully saturated rings. The van der Waals surface area contributed by atoms with Crippen LogP contribution in [0, 0.1) is 10.1 Å². The van der Waals surface area contributed by atoms with Gasteiger partial charge in [-0.05, 0) is 5.10 Å². The van der Waals surface area contributed by atoms with E-state index in [1.54, 1.807) is 0 Å². The van der Waals surface area contributed by atoms with Gasteiger partial charge in [-0.3, -0.25) is 0 Å². The Bertz CT molecular complexity index is 279. The van der Waals surface area contributed by atoms with Crippen LogP contribution in [-0.4, -0.2) is 20.0 Å². The van der Waals surface area contributed by atoms with E-state index in [-0.39, 0.29) is 11.9 Å². The zero-order chi connectivity index (χ0) is 8.43. The highest BCUT2D eigenvalue weighted by atomic mass is 17.0. The summed E-state index contributed by atoms with van der Waals surface area (Å²) >= 11 is 0. The fraction of sp³-hybridized carbons (Fsp3) is 0. The molecule has 0 saturated heterocycles. The molecule has 0 unspecified atom stereocenters. The van der Waals surface area contributed by atoms with E-state index in [1.807, 2.05) is 0 Å². The van der Waals surface area contributed by atoms with E-state index in [4.69, 9.17) is 11.5 Å². The third-order valence-corrected chi connectivity index (χ3v) is 0.762. The molecule has 0 radical (unpaired) electrons. The predicted molar refractivity (Wildman–Crippen MR) is 32.4 cm³/mol. The molecule has 9 heteroatoms. The van der Waals surface area contributed by atoms with Crippen LogP contribution in [-0.2, 0) is 0 Å². The third-order valence-electron chi connectivity index (χ3n) is 0.762. The third kappa shape index (κ3) is 1.44. The van der Waals surface area contributed by atoms with E-state index in [1.165, 1.54) is 0 Å². The van der Waals surface area contributed by atoms with Gasteiger partial charge in [0.15, 0.2) is 5.09 Å². The van der Waals surface area contributed by atoms with Crippen molar-refractivity contribution in [3.8, 4) is 0 Å². The second kappa shape index (κ2) is 2.28. The minimum Gasteiger partial charge on any atom is -0.365 e. The van der Waals surface area contributed by atoms with E-state index >= 15 is 0 Å². The number of nitrogens with zero attached hydrogens (tertiary/aromatic N) is 4. The fourth-order valence-electron chi connectivity index (χ4n) is 0.450. The summed E-state index contributed by atoms with van der Waals surface area (Å²) in [5.74, 6) is -0.469. The average molecular weight is 160 g/mol. The van der Waals surface area contributed by atoms with Crippen LogP contribution in [0.4, 0.5) is 11.9 Å². The molecule has 11 heavy (non-hydrogen) atoms. The molecule has 0 spiro atoms. The maximum atomic E-state index is 9.73. The Morgan fingerprint density at radius 2 is 2.27 bits per heavy atom. The molecule has 4 N–H and O–H groups in total. The molecule has 0 aliphatic rings. The fourth-order valence-corrected chi connectivity index (χ4v) is 0.450. The Morgan fingerprint density at radius 3 is 2.64 bits per heavy atom. The summed E-state index contributed by atoms with van der Waals surface area (Å²) in [5, 5.41) is 11.9. The molecule has 1 rings (SSSR count). The van der Waals surface area contributed by atoms with Crippen LogP contribution < -0.4 is 16.4 Å². The van der Waals surface area contributed by atoms with Crippen LogP contribution in [0.15, 0.2) is 0 Å². The molecule has 0 atom stereocenters. The Hall–Kier alpha value is -2.06. The van der Waals surface area contributed by atoms with Crippen LogP contribution in [0.3, 0.4) is 0 Å². The van der Waals surface area contributed by atoms with Gasteiger partial charge in [-0.2, -0.15) is 4.94 Å². The van der Waals surface area contributed by atoms with Gasteiger partial charge >= 0.3 is 5.95 Å². The van der Waals surface area contributed by atoms with Crippen molar-refractivity contribution in [3.05, 3.63) is 10.1 Å². The summed E-state index contributed by atoms with van der Waals surface area (Å²) in [6, 6.07) is 0. The van der Waals surface area contributed by atoms with Gasteiger partial charge in [-0.1, -0.05) is 0 Å². The minimum absolute atomic E-state index is 0.190. The van der Waals surface area contributed by atoms with Crippen molar-refractivity contribution in [3.63, 3.8) is 0 Å². The van der Waals surface area contributed by atoms with Gasteiger partial charge in [-0.15, -0.1) is 4.98 Å². The first-order valence-corrected chi connectivity index (χ1v) is 2.40. The first kappa shape index (κ1) is 7.05. The summed E-state index contributed by atoms with van der Waals surface area (Å²) < 4.78 is 0. The topological polar surface area (TPSA) is 135 Å². The lowest BCUT2D eigenvalue weighted by Crippen LogP contribution is -2.21. The highest BCUT2D eigenvalue weighted by Gasteiger charge is 2.10. The van der Waals surface area contributed by atoms with Gasteiger partial charge in [0.2, 0.25) is 0 Å². The highest BCUT2D eigenvalue weighted by Crippen LogP contribution is 1.97. The lowest BCUT2D eigenvalue weighted by atomic mass is 11.0. The lowest BCUT2D eigenvalue weighted by molar-refractivity contribution is -0.751. The quantitative estimate of drug-likeness (QED) is 0.379. The molecule has 0 aromatic carbocycles. The van der Waals surface area contributed by atoms with Gasteiger partial charge in [0, 0.05) is 4.85 Å². The van der Waals surface area contributed by atoms with E-state index < -0.39 is 5.09 Å². The molecule has 0 bridgehead atoms. The monoisotopic (exact) mass is 160 g/mol. The van der Waals surface area contributed by atoms with Gasteiger partial charge < -0.3 is 11.5 Å². The van der Waals surface area contributed by atoms with E-state index in [9.17, 15) is 10.1 Å². The smallest absolute Gasteiger partial charge is 0.348 e. The average Bonchev–Trinajstić information content (AvgIpc) is 2.09. The lowest BCUT2D eigenvalue weighted by Gasteiger charge is -1.92. The van der Waals surface area contributed by atoms with Crippen LogP contribution in [0.1, 0.15) is 0 Å². The molecule has 0 amide bonds. The second-order valence-electron chi connectivity index (χ2n) is 1.51. The number of hydrogen-bond donors (Lipinski definition) is 2. The van der Waals surface area contributed by atoms with Crippen molar-refractivity contribution in [2.75, 3.05) is 11.5 Å². The standard InChI is InChI=1S/C2H4N6O3/c3-1-5-2(4)7(6-1)11-8(9)10/h(H4,3,4,5,6). The van der Waals surface area contributed by atoms with Crippen LogP contribution in [0.5, 0.6) is 0 Å². The summed E-state index contributed by atoms with van der Waals surface area (Å²) in [4.78, 5) is 17.3. The number of anilines is 2. The Labute approximate surface area is 59.6 Å². The van der Waals surface area contributed by atoms with Crippen molar-refractivity contribution in [1.82, 2.24) is 14.9 Å². The van der Waals surface area contributed by atoms with Gasteiger partial charge in [0.05, 0.1) is 0 Å². The Kier molecular flexibility index (Phi) is 1.46. The minimum atomic E-state index is -1.08. The predicted octanol–water partition coefficient (Wildman–Crippen LogP) is -1.94. The molecule has 1 heterocycles. The second-order valence-corrected chi connectivity index (χ2v) is 1.51. The molecule has 0 aliphatic carbocycles. The van der Waals surface area contributed by atoms with Crippen LogP contribution >= 0.6 is 0 Å². The normalized spacial score (nSPS) is 9.45. The highest BCUT2D eigenvalue weighted by molar-refractivity contribution is 5.24. The molecule has 0 aliphatic heterocycles. The molecule has 0 saturated carbocycles.